The summed E-state index contributed by atoms with van der Waals surface area (Å²) in [7, 11) is 0. The van der Waals surface area contributed by atoms with Crippen molar-refractivity contribution < 1.29 is 4.39 Å². The summed E-state index contributed by atoms with van der Waals surface area (Å²) >= 11 is 7.82. The molecule has 1 N–H and O–H groups in total. The van der Waals surface area contributed by atoms with E-state index in [1.54, 1.807) is 23.5 Å². The first-order chi connectivity index (χ1) is 9.22. The van der Waals surface area contributed by atoms with Crippen molar-refractivity contribution in [3.05, 3.63) is 57.0 Å². The van der Waals surface area contributed by atoms with Gasteiger partial charge < -0.3 is 5.32 Å². The van der Waals surface area contributed by atoms with Gasteiger partial charge in [-0.25, -0.2) is 4.39 Å². The zero-order valence-electron chi connectivity index (χ0n) is 10.8. The van der Waals surface area contributed by atoms with Gasteiger partial charge in [0.1, 0.15) is 5.82 Å². The topological polar surface area (TPSA) is 12.0 Å². The van der Waals surface area contributed by atoms with Crippen LogP contribution in [-0.4, -0.2) is 6.54 Å². The van der Waals surface area contributed by atoms with Crippen LogP contribution in [0.5, 0.6) is 0 Å². The molecule has 0 aliphatic rings. The summed E-state index contributed by atoms with van der Waals surface area (Å²) in [5, 5.41) is 8.01. The molecule has 1 aromatic carbocycles. The number of hydrogen-bond donors (Lipinski definition) is 1. The van der Waals surface area contributed by atoms with E-state index in [2.05, 4.69) is 23.7 Å². The van der Waals surface area contributed by atoms with Crippen molar-refractivity contribution in [1.29, 1.82) is 0 Å². The predicted octanol–water partition coefficient (Wildman–Crippen LogP) is 4.82. The minimum atomic E-state index is -0.240. The van der Waals surface area contributed by atoms with Crippen LogP contribution in [0.15, 0.2) is 35.0 Å². The molecule has 1 aromatic heterocycles. The Balaban J connectivity index is 2.26. The lowest BCUT2D eigenvalue weighted by Gasteiger charge is -2.20. The van der Waals surface area contributed by atoms with E-state index in [1.165, 1.54) is 11.6 Å². The first kappa shape index (κ1) is 14.5. The lowest BCUT2D eigenvalue weighted by Crippen LogP contribution is -2.25. The molecule has 1 heterocycles. The monoisotopic (exact) mass is 297 g/mol. The number of thiophene rings is 1. The van der Waals surface area contributed by atoms with Crippen LogP contribution in [0.4, 0.5) is 4.39 Å². The summed E-state index contributed by atoms with van der Waals surface area (Å²) in [5.41, 5.74) is 1.78. The van der Waals surface area contributed by atoms with Crippen LogP contribution in [-0.2, 0) is 6.42 Å². The van der Waals surface area contributed by atoms with Crippen LogP contribution >= 0.6 is 22.9 Å². The van der Waals surface area contributed by atoms with E-state index in [9.17, 15) is 4.39 Å². The molecule has 19 heavy (non-hydrogen) atoms. The minimum absolute atomic E-state index is 0.0803. The van der Waals surface area contributed by atoms with Crippen molar-refractivity contribution in [3.8, 4) is 0 Å². The van der Waals surface area contributed by atoms with Crippen LogP contribution in [0.1, 0.15) is 30.5 Å². The second-order valence-corrected chi connectivity index (χ2v) is 5.66. The molecule has 0 spiro atoms. The van der Waals surface area contributed by atoms with Crippen molar-refractivity contribution >= 4 is 22.9 Å². The average molecular weight is 298 g/mol. The lowest BCUT2D eigenvalue weighted by atomic mass is 9.99. The van der Waals surface area contributed by atoms with Gasteiger partial charge in [0.25, 0.3) is 0 Å². The Bertz CT molecular complexity index is 493. The first-order valence-electron chi connectivity index (χ1n) is 6.40. The quantitative estimate of drug-likeness (QED) is 0.806. The van der Waals surface area contributed by atoms with E-state index >= 15 is 0 Å². The van der Waals surface area contributed by atoms with E-state index in [4.69, 9.17) is 11.6 Å². The van der Waals surface area contributed by atoms with Crippen molar-refractivity contribution in [2.45, 2.75) is 25.8 Å². The number of hydrogen-bond acceptors (Lipinski definition) is 2. The normalized spacial score (nSPS) is 12.6. The van der Waals surface area contributed by atoms with Gasteiger partial charge >= 0.3 is 0 Å². The maximum Gasteiger partial charge on any atom is 0.129 e. The molecule has 0 radical (unpaired) electrons. The Morgan fingerprint density at radius 2 is 2.21 bits per heavy atom. The molecule has 0 aliphatic carbocycles. The average Bonchev–Trinajstić information content (AvgIpc) is 2.88. The molecule has 0 saturated carbocycles. The van der Waals surface area contributed by atoms with Crippen LogP contribution in [0.25, 0.3) is 0 Å². The number of rotatable bonds is 6. The molecule has 0 aliphatic heterocycles. The zero-order valence-corrected chi connectivity index (χ0v) is 12.4. The third-order valence-corrected chi connectivity index (χ3v) is 4.07. The molecule has 1 atom stereocenters. The second kappa shape index (κ2) is 7.04. The van der Waals surface area contributed by atoms with Gasteiger partial charge in [-0.15, -0.1) is 0 Å². The van der Waals surface area contributed by atoms with Crippen LogP contribution < -0.4 is 5.32 Å². The largest absolute Gasteiger partial charge is 0.310 e. The van der Waals surface area contributed by atoms with Gasteiger partial charge in [-0.2, -0.15) is 11.3 Å². The smallest absolute Gasteiger partial charge is 0.129 e. The predicted molar refractivity (Wildman–Crippen MR) is 80.5 cm³/mol. The molecular weight excluding hydrogens is 281 g/mol. The molecule has 102 valence electrons. The van der Waals surface area contributed by atoms with Gasteiger partial charge in [-0.1, -0.05) is 24.6 Å². The third-order valence-electron chi connectivity index (χ3n) is 3.01. The Kier molecular flexibility index (Phi) is 5.37. The molecule has 1 unspecified atom stereocenters. The first-order valence-corrected chi connectivity index (χ1v) is 7.72. The van der Waals surface area contributed by atoms with E-state index in [0.717, 1.165) is 19.4 Å². The molecule has 2 rings (SSSR count). The second-order valence-electron chi connectivity index (χ2n) is 4.48. The summed E-state index contributed by atoms with van der Waals surface area (Å²) in [6.45, 7) is 2.94. The summed E-state index contributed by atoms with van der Waals surface area (Å²) in [6.07, 6.45) is 1.76. The number of halogens is 2. The summed E-state index contributed by atoms with van der Waals surface area (Å²) in [6, 6.07) is 6.84. The molecular formula is C15H17ClFNS. The Morgan fingerprint density at radius 3 is 2.84 bits per heavy atom. The Morgan fingerprint density at radius 1 is 1.37 bits per heavy atom. The van der Waals surface area contributed by atoms with Crippen LogP contribution in [0.2, 0.25) is 5.02 Å². The van der Waals surface area contributed by atoms with Gasteiger partial charge in [0, 0.05) is 16.6 Å². The molecule has 0 saturated heterocycles. The molecule has 0 amide bonds. The fourth-order valence-corrected chi connectivity index (χ4v) is 3.06. The number of benzene rings is 1. The standard InChI is InChI=1S/C15H17ClFNS/c1-2-7-18-14(9-11-6-8-19-10-11)15-12(16)4-3-5-13(15)17/h3-6,8,10,14,18H,2,7,9H2,1H3. The maximum atomic E-state index is 14.0. The summed E-state index contributed by atoms with van der Waals surface area (Å²) < 4.78 is 14.0. The van der Waals surface area contributed by atoms with Crippen molar-refractivity contribution in [3.63, 3.8) is 0 Å². The molecule has 4 heteroatoms. The SMILES string of the molecule is CCCNC(Cc1ccsc1)c1c(F)cccc1Cl. The fourth-order valence-electron chi connectivity index (χ4n) is 2.08. The zero-order chi connectivity index (χ0) is 13.7. The summed E-state index contributed by atoms with van der Waals surface area (Å²) in [5.74, 6) is -0.240. The minimum Gasteiger partial charge on any atom is -0.310 e. The van der Waals surface area contributed by atoms with Gasteiger partial charge in [0.15, 0.2) is 0 Å². The van der Waals surface area contributed by atoms with Crippen molar-refractivity contribution in [2.24, 2.45) is 0 Å². The third kappa shape index (κ3) is 3.78. The van der Waals surface area contributed by atoms with Crippen molar-refractivity contribution in [1.82, 2.24) is 5.32 Å². The highest BCUT2D eigenvalue weighted by atomic mass is 35.5. The lowest BCUT2D eigenvalue weighted by molar-refractivity contribution is 0.497. The highest BCUT2D eigenvalue weighted by Gasteiger charge is 2.19. The highest BCUT2D eigenvalue weighted by Crippen LogP contribution is 2.28. The Labute approximate surface area is 122 Å². The van der Waals surface area contributed by atoms with Gasteiger partial charge in [0.05, 0.1) is 0 Å². The molecule has 1 nitrogen and oxygen atoms in total. The fraction of sp³-hybridized carbons (Fsp3) is 0.333. The Hall–Kier alpha value is -0.900. The highest BCUT2D eigenvalue weighted by molar-refractivity contribution is 7.07. The maximum absolute atomic E-state index is 14.0. The summed E-state index contributed by atoms with van der Waals surface area (Å²) in [4.78, 5) is 0. The number of nitrogens with one attached hydrogen (secondary N) is 1. The van der Waals surface area contributed by atoms with E-state index < -0.39 is 0 Å². The molecule has 0 bridgehead atoms. The molecule has 2 aromatic rings. The van der Waals surface area contributed by atoms with Crippen molar-refractivity contribution in [2.75, 3.05) is 6.54 Å². The van der Waals surface area contributed by atoms with E-state index in [0.29, 0.717) is 10.6 Å². The molecule has 0 fully saturated rings. The van der Waals surface area contributed by atoms with Crippen LogP contribution in [0, 0.1) is 5.82 Å². The van der Waals surface area contributed by atoms with Gasteiger partial charge in [0.2, 0.25) is 0 Å². The van der Waals surface area contributed by atoms with Gasteiger partial charge in [-0.05, 0) is 53.9 Å². The van der Waals surface area contributed by atoms with E-state index in [-0.39, 0.29) is 11.9 Å². The van der Waals surface area contributed by atoms with Crippen LogP contribution in [0.3, 0.4) is 0 Å². The van der Waals surface area contributed by atoms with Gasteiger partial charge in [-0.3, -0.25) is 0 Å². The van der Waals surface area contributed by atoms with E-state index in [1.807, 2.05) is 5.38 Å².